The van der Waals surface area contributed by atoms with Crippen LogP contribution in [0.5, 0.6) is 0 Å². The molecule has 0 bridgehead atoms. The van der Waals surface area contributed by atoms with Crippen molar-refractivity contribution in [2.75, 3.05) is 13.2 Å². The summed E-state index contributed by atoms with van der Waals surface area (Å²) in [4.78, 5) is 10.4. The normalized spacial score (nSPS) is 9.11. The number of carbonyl (C=O) groups excluding carboxylic acids is 1. The molecule has 0 saturated carbocycles. The van der Waals surface area contributed by atoms with Gasteiger partial charge in [0.05, 0.1) is 0 Å². The fourth-order valence-corrected chi connectivity index (χ4v) is 0.404. The summed E-state index contributed by atoms with van der Waals surface area (Å²) < 4.78 is 7.25. The minimum Gasteiger partial charge on any atom is -0.464 e. The molecule has 0 aromatic rings. The van der Waals surface area contributed by atoms with E-state index in [0.29, 0.717) is 19.6 Å². The number of hydrogen-bond donors (Lipinski definition) is 2. The molecular formula is C5H11NO2S. The summed E-state index contributed by atoms with van der Waals surface area (Å²) in [5.74, 6) is -0.168. The molecule has 0 atom stereocenters. The largest absolute Gasteiger partial charge is 0.464 e. The Hall–Kier alpha value is -0.220. The number of hydrogen-bond acceptors (Lipinski definition) is 4. The first-order valence-electron chi connectivity index (χ1n) is 2.83. The molecular weight excluding hydrogens is 138 g/mol. The topological polar surface area (TPSA) is 38.3 Å². The van der Waals surface area contributed by atoms with Crippen LogP contribution in [0.4, 0.5) is 0 Å². The van der Waals surface area contributed by atoms with Crippen molar-refractivity contribution in [1.29, 1.82) is 0 Å². The zero-order chi connectivity index (χ0) is 7.11. The van der Waals surface area contributed by atoms with Crippen LogP contribution in [0.1, 0.15) is 13.3 Å². The number of thiol groups is 1. The Labute approximate surface area is 60.3 Å². The zero-order valence-electron chi connectivity index (χ0n) is 5.39. The summed E-state index contributed by atoms with van der Waals surface area (Å²) in [5, 5.41) is 0. The SMILES string of the molecule is CCC(=O)OCCNS. The second-order valence-corrected chi connectivity index (χ2v) is 1.80. The van der Waals surface area contributed by atoms with E-state index in [1.165, 1.54) is 0 Å². The molecule has 0 fully saturated rings. The third kappa shape index (κ3) is 5.65. The smallest absolute Gasteiger partial charge is 0.305 e. The Morgan fingerprint density at radius 2 is 2.44 bits per heavy atom. The van der Waals surface area contributed by atoms with Gasteiger partial charge in [-0.1, -0.05) is 19.7 Å². The molecule has 0 spiro atoms. The van der Waals surface area contributed by atoms with E-state index in [0.717, 1.165) is 0 Å². The van der Waals surface area contributed by atoms with E-state index >= 15 is 0 Å². The monoisotopic (exact) mass is 149 g/mol. The van der Waals surface area contributed by atoms with Gasteiger partial charge in [0.1, 0.15) is 6.61 Å². The van der Waals surface area contributed by atoms with Gasteiger partial charge in [-0.15, -0.1) is 0 Å². The molecule has 1 N–H and O–H groups in total. The maximum absolute atomic E-state index is 10.4. The van der Waals surface area contributed by atoms with Gasteiger partial charge in [0.25, 0.3) is 0 Å². The third-order valence-electron chi connectivity index (χ3n) is 0.766. The lowest BCUT2D eigenvalue weighted by molar-refractivity contribution is -0.142. The lowest BCUT2D eigenvalue weighted by atomic mass is 10.5. The highest BCUT2D eigenvalue weighted by Gasteiger charge is 1.94. The molecule has 0 aromatic heterocycles. The van der Waals surface area contributed by atoms with Crippen molar-refractivity contribution >= 4 is 18.8 Å². The lowest BCUT2D eigenvalue weighted by Gasteiger charge is -1.99. The van der Waals surface area contributed by atoms with Gasteiger partial charge >= 0.3 is 5.97 Å². The van der Waals surface area contributed by atoms with E-state index < -0.39 is 0 Å². The van der Waals surface area contributed by atoms with Gasteiger partial charge < -0.3 is 4.74 Å². The van der Waals surface area contributed by atoms with E-state index in [1.54, 1.807) is 6.92 Å². The van der Waals surface area contributed by atoms with E-state index in [2.05, 4.69) is 22.3 Å². The summed E-state index contributed by atoms with van der Waals surface area (Å²) in [7, 11) is 0. The van der Waals surface area contributed by atoms with Gasteiger partial charge in [0.15, 0.2) is 0 Å². The van der Waals surface area contributed by atoms with Crippen molar-refractivity contribution in [1.82, 2.24) is 4.72 Å². The van der Waals surface area contributed by atoms with Crippen LogP contribution in [0.25, 0.3) is 0 Å². The molecule has 9 heavy (non-hydrogen) atoms. The standard InChI is InChI=1S/C5H11NO2S/c1-2-5(7)8-4-3-6-9/h6,9H,2-4H2,1H3. The Morgan fingerprint density at radius 1 is 1.78 bits per heavy atom. The average molecular weight is 149 g/mol. The van der Waals surface area contributed by atoms with Gasteiger partial charge in [0.2, 0.25) is 0 Å². The fraction of sp³-hybridized carbons (Fsp3) is 0.800. The predicted molar refractivity (Wildman–Crippen MR) is 38.2 cm³/mol. The van der Waals surface area contributed by atoms with Crippen LogP contribution in [0, 0.1) is 0 Å². The summed E-state index contributed by atoms with van der Waals surface area (Å²) in [6.45, 7) is 2.75. The number of rotatable bonds is 4. The molecule has 0 rings (SSSR count). The van der Waals surface area contributed by atoms with Crippen LogP contribution in [0.2, 0.25) is 0 Å². The van der Waals surface area contributed by atoms with Crippen molar-refractivity contribution in [2.24, 2.45) is 0 Å². The molecule has 0 aliphatic carbocycles. The third-order valence-corrected chi connectivity index (χ3v) is 0.989. The molecule has 0 amide bonds. The molecule has 54 valence electrons. The summed E-state index contributed by atoms with van der Waals surface area (Å²) in [6.07, 6.45) is 0.437. The van der Waals surface area contributed by atoms with Crippen LogP contribution >= 0.6 is 12.8 Å². The van der Waals surface area contributed by atoms with Crippen molar-refractivity contribution < 1.29 is 9.53 Å². The lowest BCUT2D eigenvalue weighted by Crippen LogP contribution is -2.13. The maximum atomic E-state index is 10.4. The highest BCUT2D eigenvalue weighted by Crippen LogP contribution is 1.82. The predicted octanol–water partition coefficient (Wildman–Crippen LogP) is 0.374. The summed E-state index contributed by atoms with van der Waals surface area (Å²) in [6, 6.07) is 0. The second kappa shape index (κ2) is 5.91. The molecule has 0 radical (unpaired) electrons. The van der Waals surface area contributed by atoms with E-state index in [9.17, 15) is 4.79 Å². The van der Waals surface area contributed by atoms with E-state index in [-0.39, 0.29) is 5.97 Å². The second-order valence-electron chi connectivity index (χ2n) is 1.48. The summed E-state index contributed by atoms with van der Waals surface area (Å²) >= 11 is 3.71. The molecule has 0 saturated heterocycles. The van der Waals surface area contributed by atoms with Crippen LogP contribution in [0.3, 0.4) is 0 Å². The number of esters is 1. The van der Waals surface area contributed by atoms with Gasteiger partial charge in [-0.25, -0.2) is 0 Å². The van der Waals surface area contributed by atoms with Crippen molar-refractivity contribution in [2.45, 2.75) is 13.3 Å². The Balaban J connectivity index is 2.97. The van der Waals surface area contributed by atoms with Gasteiger partial charge in [-0.05, 0) is 0 Å². The molecule has 0 aliphatic rings. The molecule has 0 aliphatic heterocycles. The zero-order valence-corrected chi connectivity index (χ0v) is 6.28. The van der Waals surface area contributed by atoms with Crippen molar-refractivity contribution in [3.8, 4) is 0 Å². The molecule has 0 unspecified atom stereocenters. The first-order valence-corrected chi connectivity index (χ1v) is 3.28. The van der Waals surface area contributed by atoms with Crippen LogP contribution in [-0.2, 0) is 9.53 Å². The number of ether oxygens (including phenoxy) is 1. The average Bonchev–Trinajstić information content (AvgIpc) is 1.89. The van der Waals surface area contributed by atoms with Gasteiger partial charge in [0, 0.05) is 13.0 Å². The number of carbonyl (C=O) groups is 1. The van der Waals surface area contributed by atoms with Crippen LogP contribution < -0.4 is 4.72 Å². The Morgan fingerprint density at radius 3 is 2.89 bits per heavy atom. The summed E-state index contributed by atoms with van der Waals surface area (Å²) in [5.41, 5.74) is 0. The highest BCUT2D eigenvalue weighted by molar-refractivity contribution is 7.78. The molecule has 3 nitrogen and oxygen atoms in total. The molecule has 0 aromatic carbocycles. The van der Waals surface area contributed by atoms with Crippen LogP contribution in [0.15, 0.2) is 0 Å². The maximum Gasteiger partial charge on any atom is 0.305 e. The van der Waals surface area contributed by atoms with Gasteiger partial charge in [-0.3, -0.25) is 9.52 Å². The van der Waals surface area contributed by atoms with Gasteiger partial charge in [-0.2, -0.15) is 0 Å². The highest BCUT2D eigenvalue weighted by atomic mass is 32.1. The molecule has 0 heterocycles. The van der Waals surface area contributed by atoms with E-state index in [1.807, 2.05) is 0 Å². The fourth-order valence-electron chi connectivity index (χ4n) is 0.313. The minimum absolute atomic E-state index is 0.168. The van der Waals surface area contributed by atoms with Crippen molar-refractivity contribution in [3.63, 3.8) is 0 Å². The van der Waals surface area contributed by atoms with Crippen LogP contribution in [-0.4, -0.2) is 19.1 Å². The quantitative estimate of drug-likeness (QED) is 0.344. The Bertz CT molecular complexity index is 87.0. The van der Waals surface area contributed by atoms with E-state index in [4.69, 9.17) is 0 Å². The molecule has 4 heteroatoms. The Kier molecular flexibility index (Phi) is 5.76. The number of nitrogens with one attached hydrogen (secondary N) is 1. The first-order chi connectivity index (χ1) is 4.31. The van der Waals surface area contributed by atoms with Crippen molar-refractivity contribution in [3.05, 3.63) is 0 Å². The minimum atomic E-state index is -0.168. The first kappa shape index (κ1) is 8.78.